The van der Waals surface area contributed by atoms with Crippen LogP contribution in [-0.4, -0.2) is 40.8 Å². The second-order valence-electron chi connectivity index (χ2n) is 6.55. The van der Waals surface area contributed by atoms with Crippen LogP contribution in [0, 0.1) is 15.9 Å². The van der Waals surface area contributed by atoms with Gasteiger partial charge in [-0.3, -0.25) is 19.7 Å². The Morgan fingerprint density at radius 3 is 2.57 bits per heavy atom. The number of hydrogen-bond acceptors (Lipinski definition) is 5. The lowest BCUT2D eigenvalue weighted by Gasteiger charge is -2.24. The lowest BCUT2D eigenvalue weighted by molar-refractivity contribution is -0.387. The molecule has 3 rings (SSSR count). The highest BCUT2D eigenvalue weighted by atomic mass is 35.5. The standard InChI is InChI=1S/C19H16Cl2FN3O5/c20-11-6-12(21)8-13(7-11)23-19(27)17-2-1-5-24(17)18(26)10-30-14-3-4-16(25(28)29)15(22)9-14/h3-4,6-9,17H,1-2,5,10H2,(H,23,27). The summed E-state index contributed by atoms with van der Waals surface area (Å²) in [6.45, 7) is -0.0742. The minimum absolute atomic E-state index is 0.0276. The number of carbonyl (C=O) groups is 2. The Hall–Kier alpha value is -2.91. The molecule has 1 fully saturated rings. The number of carbonyl (C=O) groups excluding carboxylic acids is 2. The molecule has 0 aromatic heterocycles. The van der Waals surface area contributed by atoms with E-state index in [0.717, 1.165) is 12.1 Å². The predicted molar refractivity (Wildman–Crippen MR) is 108 cm³/mol. The quantitative estimate of drug-likeness (QED) is 0.522. The number of rotatable bonds is 6. The highest BCUT2D eigenvalue weighted by Gasteiger charge is 2.34. The molecule has 1 aliphatic rings. The lowest BCUT2D eigenvalue weighted by atomic mass is 10.2. The molecule has 158 valence electrons. The number of halogens is 3. The largest absolute Gasteiger partial charge is 0.484 e. The van der Waals surface area contributed by atoms with Crippen molar-refractivity contribution in [2.45, 2.75) is 18.9 Å². The molecule has 11 heteroatoms. The Morgan fingerprint density at radius 1 is 1.23 bits per heavy atom. The van der Waals surface area contributed by atoms with Crippen LogP contribution in [0.15, 0.2) is 36.4 Å². The monoisotopic (exact) mass is 455 g/mol. The van der Waals surface area contributed by atoms with Crippen molar-refractivity contribution in [3.8, 4) is 5.75 Å². The van der Waals surface area contributed by atoms with Gasteiger partial charge in [0.2, 0.25) is 11.7 Å². The van der Waals surface area contributed by atoms with Crippen LogP contribution in [0.3, 0.4) is 0 Å². The molecule has 2 aromatic carbocycles. The SMILES string of the molecule is O=C(Nc1cc(Cl)cc(Cl)c1)C1CCCN1C(=O)COc1ccc([N+](=O)[O-])c(F)c1. The summed E-state index contributed by atoms with van der Waals surface area (Å²) >= 11 is 11.9. The summed E-state index contributed by atoms with van der Waals surface area (Å²) in [4.78, 5) is 36.3. The number of nitrogens with one attached hydrogen (secondary N) is 1. The minimum Gasteiger partial charge on any atom is -0.484 e. The van der Waals surface area contributed by atoms with Gasteiger partial charge in [0.1, 0.15) is 11.8 Å². The van der Waals surface area contributed by atoms with E-state index in [-0.39, 0.29) is 11.7 Å². The van der Waals surface area contributed by atoms with Crippen molar-refractivity contribution < 1.29 is 23.6 Å². The molecule has 0 bridgehead atoms. The Balaban J connectivity index is 1.61. The van der Waals surface area contributed by atoms with E-state index in [0.29, 0.717) is 35.1 Å². The van der Waals surface area contributed by atoms with Crippen molar-refractivity contribution in [2.75, 3.05) is 18.5 Å². The molecule has 2 amide bonds. The van der Waals surface area contributed by atoms with Gasteiger partial charge in [0.15, 0.2) is 6.61 Å². The van der Waals surface area contributed by atoms with Crippen LogP contribution < -0.4 is 10.1 Å². The smallest absolute Gasteiger partial charge is 0.305 e. The summed E-state index contributed by atoms with van der Waals surface area (Å²) < 4.78 is 18.9. The van der Waals surface area contributed by atoms with Gasteiger partial charge in [-0.15, -0.1) is 0 Å². The average molecular weight is 456 g/mol. The zero-order chi connectivity index (χ0) is 21.8. The first-order chi connectivity index (χ1) is 14.2. The van der Waals surface area contributed by atoms with E-state index in [1.54, 1.807) is 12.1 Å². The maximum absolute atomic E-state index is 13.7. The van der Waals surface area contributed by atoms with Gasteiger partial charge in [-0.25, -0.2) is 0 Å². The number of nitro groups is 1. The molecule has 0 saturated carbocycles. The molecule has 1 aliphatic heterocycles. The van der Waals surface area contributed by atoms with Crippen LogP contribution in [0.25, 0.3) is 0 Å². The van der Waals surface area contributed by atoms with Crippen molar-refractivity contribution in [1.29, 1.82) is 0 Å². The molecule has 8 nitrogen and oxygen atoms in total. The van der Waals surface area contributed by atoms with E-state index in [4.69, 9.17) is 27.9 Å². The second-order valence-corrected chi connectivity index (χ2v) is 7.42. The zero-order valence-electron chi connectivity index (χ0n) is 15.4. The van der Waals surface area contributed by atoms with Crippen LogP contribution in [0.5, 0.6) is 5.75 Å². The Bertz CT molecular complexity index is 984. The second kappa shape index (κ2) is 9.27. The number of ether oxygens (including phenoxy) is 1. The average Bonchev–Trinajstić information content (AvgIpc) is 3.15. The highest BCUT2D eigenvalue weighted by Crippen LogP contribution is 2.25. The number of nitrogens with zero attached hydrogens (tertiary/aromatic N) is 2. The minimum atomic E-state index is -1.07. The van der Waals surface area contributed by atoms with Gasteiger partial charge >= 0.3 is 5.69 Å². The predicted octanol–water partition coefficient (Wildman–Crippen LogP) is 4.05. The number of nitro benzene ring substituents is 1. The molecule has 0 spiro atoms. The Kier molecular flexibility index (Phi) is 6.73. The van der Waals surface area contributed by atoms with Gasteiger partial charge in [-0.05, 0) is 37.1 Å². The van der Waals surface area contributed by atoms with Gasteiger partial charge in [-0.1, -0.05) is 23.2 Å². The van der Waals surface area contributed by atoms with Crippen LogP contribution >= 0.6 is 23.2 Å². The van der Waals surface area contributed by atoms with Crippen molar-refractivity contribution in [2.24, 2.45) is 0 Å². The van der Waals surface area contributed by atoms with Gasteiger partial charge in [0.25, 0.3) is 5.91 Å². The molecule has 1 unspecified atom stereocenters. The third-order valence-corrected chi connectivity index (χ3v) is 4.92. The molecular formula is C19H16Cl2FN3O5. The molecule has 0 aliphatic carbocycles. The number of hydrogen-bond donors (Lipinski definition) is 1. The summed E-state index contributed by atoms with van der Waals surface area (Å²) in [5.74, 6) is -1.94. The van der Waals surface area contributed by atoms with Crippen LogP contribution in [0.1, 0.15) is 12.8 Å². The molecule has 30 heavy (non-hydrogen) atoms. The van der Waals surface area contributed by atoms with Crippen LogP contribution in [0.4, 0.5) is 15.8 Å². The van der Waals surface area contributed by atoms with Crippen molar-refractivity contribution in [3.05, 3.63) is 62.4 Å². The molecule has 2 aromatic rings. The Labute approximate surface area is 180 Å². The molecule has 0 radical (unpaired) electrons. The van der Waals surface area contributed by atoms with E-state index < -0.39 is 35.0 Å². The fourth-order valence-corrected chi connectivity index (χ4v) is 3.67. The van der Waals surface area contributed by atoms with E-state index in [1.807, 2.05) is 0 Å². The van der Waals surface area contributed by atoms with Gasteiger partial charge in [0.05, 0.1) is 4.92 Å². The van der Waals surface area contributed by atoms with E-state index in [2.05, 4.69) is 5.32 Å². The maximum atomic E-state index is 13.7. The molecule has 1 heterocycles. The normalized spacial score (nSPS) is 15.7. The number of amides is 2. The number of benzene rings is 2. The van der Waals surface area contributed by atoms with Gasteiger partial charge in [-0.2, -0.15) is 4.39 Å². The summed E-state index contributed by atoms with van der Waals surface area (Å²) in [6.07, 6.45) is 1.10. The van der Waals surface area contributed by atoms with Crippen molar-refractivity contribution in [3.63, 3.8) is 0 Å². The fraction of sp³-hybridized carbons (Fsp3) is 0.263. The lowest BCUT2D eigenvalue weighted by Crippen LogP contribution is -2.45. The topological polar surface area (TPSA) is 102 Å². The highest BCUT2D eigenvalue weighted by molar-refractivity contribution is 6.35. The van der Waals surface area contributed by atoms with Crippen molar-refractivity contribution >= 4 is 46.4 Å². The summed E-state index contributed by atoms with van der Waals surface area (Å²) in [7, 11) is 0. The Morgan fingerprint density at radius 2 is 1.93 bits per heavy atom. The van der Waals surface area contributed by atoms with Gasteiger partial charge in [0, 0.05) is 34.4 Å². The number of likely N-dealkylation sites (tertiary alicyclic amines) is 1. The summed E-state index contributed by atoms with van der Waals surface area (Å²) in [5.41, 5.74) is -0.277. The van der Waals surface area contributed by atoms with E-state index in [1.165, 1.54) is 17.0 Å². The first-order valence-electron chi connectivity index (χ1n) is 8.88. The molecule has 1 saturated heterocycles. The molecular weight excluding hydrogens is 440 g/mol. The molecule has 1 atom stereocenters. The first-order valence-corrected chi connectivity index (χ1v) is 9.63. The third kappa shape index (κ3) is 5.17. The van der Waals surface area contributed by atoms with E-state index >= 15 is 0 Å². The fourth-order valence-electron chi connectivity index (χ4n) is 3.14. The molecule has 1 N–H and O–H groups in total. The number of anilines is 1. The van der Waals surface area contributed by atoms with Crippen LogP contribution in [0.2, 0.25) is 10.0 Å². The third-order valence-electron chi connectivity index (χ3n) is 4.48. The summed E-state index contributed by atoms with van der Waals surface area (Å²) in [6, 6.07) is 6.90. The van der Waals surface area contributed by atoms with Crippen molar-refractivity contribution in [1.82, 2.24) is 4.90 Å². The first kappa shape index (κ1) is 21.8. The summed E-state index contributed by atoms with van der Waals surface area (Å²) in [5, 5.41) is 14.1. The van der Waals surface area contributed by atoms with Gasteiger partial charge < -0.3 is 15.0 Å². The zero-order valence-corrected chi connectivity index (χ0v) is 17.0. The maximum Gasteiger partial charge on any atom is 0.305 e. The van der Waals surface area contributed by atoms with E-state index in [9.17, 15) is 24.1 Å². The van der Waals surface area contributed by atoms with Crippen LogP contribution in [-0.2, 0) is 9.59 Å².